The van der Waals surface area contributed by atoms with Gasteiger partial charge in [-0.3, -0.25) is 14.9 Å². The Morgan fingerprint density at radius 1 is 1.38 bits per heavy atom. The number of thiazole rings is 1. The standard InChI is InChI=1S/C16H11ClN4O3S2/c17-11-6-5-10(7-13(11)21(23)24)8-18-20-15(22)9-25-16-19-12-3-1-2-4-14(12)26-16/h1-8H,9H2,(H,20,22)/b18-8-. The van der Waals surface area contributed by atoms with Gasteiger partial charge in [0.25, 0.3) is 11.6 Å². The second-order valence-electron chi connectivity index (χ2n) is 5.00. The number of hydrazone groups is 1. The highest BCUT2D eigenvalue weighted by Gasteiger charge is 2.12. The van der Waals surface area contributed by atoms with Crippen LogP contribution in [0.3, 0.4) is 0 Å². The van der Waals surface area contributed by atoms with Crippen molar-refractivity contribution in [3.63, 3.8) is 0 Å². The maximum absolute atomic E-state index is 11.9. The molecule has 132 valence electrons. The van der Waals surface area contributed by atoms with E-state index in [1.54, 1.807) is 6.07 Å². The van der Waals surface area contributed by atoms with Crippen molar-refractivity contribution in [3.8, 4) is 0 Å². The van der Waals surface area contributed by atoms with E-state index in [-0.39, 0.29) is 22.4 Å². The molecule has 1 amide bonds. The fraction of sp³-hybridized carbons (Fsp3) is 0.0625. The first-order valence-corrected chi connectivity index (χ1v) is 9.45. The second-order valence-corrected chi connectivity index (χ2v) is 7.66. The number of hydrogen-bond donors (Lipinski definition) is 1. The molecule has 0 radical (unpaired) electrons. The fourth-order valence-electron chi connectivity index (χ4n) is 2.00. The molecular weight excluding hydrogens is 396 g/mol. The predicted octanol–water partition coefficient (Wildman–Crippen LogP) is 4.10. The number of rotatable bonds is 6. The van der Waals surface area contributed by atoms with Crippen molar-refractivity contribution in [3.05, 3.63) is 63.2 Å². The number of fused-ring (bicyclic) bond motifs is 1. The molecule has 26 heavy (non-hydrogen) atoms. The zero-order valence-electron chi connectivity index (χ0n) is 13.1. The summed E-state index contributed by atoms with van der Waals surface area (Å²) >= 11 is 8.59. The first kappa shape index (κ1) is 18.3. The monoisotopic (exact) mass is 406 g/mol. The Labute approximate surface area is 161 Å². The zero-order chi connectivity index (χ0) is 18.5. The van der Waals surface area contributed by atoms with Crippen molar-refractivity contribution in [2.45, 2.75) is 4.34 Å². The highest BCUT2D eigenvalue weighted by Crippen LogP contribution is 2.29. The van der Waals surface area contributed by atoms with Crippen LogP contribution in [0.1, 0.15) is 5.56 Å². The smallest absolute Gasteiger partial charge is 0.272 e. The molecule has 2 aromatic carbocycles. The van der Waals surface area contributed by atoms with Gasteiger partial charge in [-0.05, 0) is 18.2 Å². The number of nitro benzene ring substituents is 1. The van der Waals surface area contributed by atoms with Gasteiger partial charge in [-0.2, -0.15) is 5.10 Å². The zero-order valence-corrected chi connectivity index (χ0v) is 15.5. The van der Waals surface area contributed by atoms with Crippen LogP contribution in [-0.2, 0) is 4.79 Å². The van der Waals surface area contributed by atoms with E-state index in [1.807, 2.05) is 24.3 Å². The van der Waals surface area contributed by atoms with Crippen LogP contribution in [0.25, 0.3) is 10.2 Å². The molecule has 3 rings (SSSR count). The van der Waals surface area contributed by atoms with E-state index in [0.29, 0.717) is 5.56 Å². The number of nitro groups is 1. The lowest BCUT2D eigenvalue weighted by atomic mass is 10.2. The quantitative estimate of drug-likeness (QED) is 0.287. The first-order chi connectivity index (χ1) is 12.5. The molecule has 3 aromatic rings. The van der Waals surface area contributed by atoms with Crippen molar-refractivity contribution < 1.29 is 9.72 Å². The molecule has 0 aliphatic carbocycles. The van der Waals surface area contributed by atoms with Crippen molar-refractivity contribution in [2.24, 2.45) is 5.10 Å². The Balaban J connectivity index is 1.54. The Bertz CT molecular complexity index is 973. The average Bonchev–Trinajstić information content (AvgIpc) is 3.04. The van der Waals surface area contributed by atoms with E-state index in [4.69, 9.17) is 11.6 Å². The summed E-state index contributed by atoms with van der Waals surface area (Å²) in [6.07, 6.45) is 1.32. The molecular formula is C16H11ClN4O3S2. The number of para-hydroxylation sites is 1. The molecule has 0 atom stereocenters. The van der Waals surface area contributed by atoms with Gasteiger partial charge in [-0.1, -0.05) is 41.6 Å². The SMILES string of the molecule is O=C(CSc1nc2ccccc2s1)N/N=C\c1ccc(Cl)c([N+](=O)[O-])c1. The van der Waals surface area contributed by atoms with Crippen molar-refractivity contribution in [1.29, 1.82) is 0 Å². The van der Waals surface area contributed by atoms with Crippen LogP contribution in [0.4, 0.5) is 5.69 Å². The maximum Gasteiger partial charge on any atom is 0.288 e. The lowest BCUT2D eigenvalue weighted by molar-refractivity contribution is -0.384. The van der Waals surface area contributed by atoms with Crippen molar-refractivity contribution >= 4 is 62.7 Å². The van der Waals surface area contributed by atoms with Crippen LogP contribution < -0.4 is 5.43 Å². The van der Waals surface area contributed by atoms with Gasteiger partial charge >= 0.3 is 0 Å². The van der Waals surface area contributed by atoms with Crippen LogP contribution in [0, 0.1) is 10.1 Å². The minimum Gasteiger partial charge on any atom is -0.272 e. The number of thioether (sulfide) groups is 1. The maximum atomic E-state index is 11.9. The number of benzene rings is 2. The molecule has 7 nitrogen and oxygen atoms in total. The summed E-state index contributed by atoms with van der Waals surface area (Å²) < 4.78 is 1.87. The highest BCUT2D eigenvalue weighted by atomic mass is 35.5. The average molecular weight is 407 g/mol. The Hall–Kier alpha value is -2.49. The lowest BCUT2D eigenvalue weighted by Crippen LogP contribution is -2.19. The first-order valence-electron chi connectivity index (χ1n) is 7.27. The summed E-state index contributed by atoms with van der Waals surface area (Å²) in [6.45, 7) is 0. The normalized spacial score (nSPS) is 11.1. The predicted molar refractivity (Wildman–Crippen MR) is 104 cm³/mol. The molecule has 1 heterocycles. The Morgan fingerprint density at radius 2 is 2.19 bits per heavy atom. The van der Waals surface area contributed by atoms with Gasteiger partial charge < -0.3 is 0 Å². The summed E-state index contributed by atoms with van der Waals surface area (Å²) in [6, 6.07) is 12.0. The van der Waals surface area contributed by atoms with Gasteiger partial charge in [0.15, 0.2) is 4.34 Å². The number of aromatic nitrogens is 1. The summed E-state index contributed by atoms with van der Waals surface area (Å²) in [5, 5.41) is 14.7. The molecule has 0 fully saturated rings. The third-order valence-corrected chi connectivity index (χ3v) is 5.67. The fourth-order valence-corrected chi connectivity index (χ4v) is 4.05. The molecule has 0 saturated heterocycles. The molecule has 0 saturated carbocycles. The topological polar surface area (TPSA) is 97.5 Å². The molecule has 0 spiro atoms. The van der Waals surface area contributed by atoms with Gasteiger partial charge in [0.2, 0.25) is 0 Å². The van der Waals surface area contributed by atoms with Crippen LogP contribution in [0.5, 0.6) is 0 Å². The van der Waals surface area contributed by atoms with Crippen LogP contribution in [0.2, 0.25) is 5.02 Å². The Morgan fingerprint density at radius 3 is 2.96 bits per heavy atom. The molecule has 0 bridgehead atoms. The molecule has 10 heteroatoms. The lowest BCUT2D eigenvalue weighted by Gasteiger charge is -1.99. The van der Waals surface area contributed by atoms with E-state index in [9.17, 15) is 14.9 Å². The number of nitrogens with one attached hydrogen (secondary N) is 1. The minimum atomic E-state index is -0.576. The summed E-state index contributed by atoms with van der Waals surface area (Å²) in [5.41, 5.74) is 3.53. The third-order valence-electron chi connectivity index (χ3n) is 3.17. The van der Waals surface area contributed by atoms with E-state index >= 15 is 0 Å². The molecule has 0 aliphatic heterocycles. The van der Waals surface area contributed by atoms with Crippen molar-refractivity contribution in [2.75, 3.05) is 5.75 Å². The van der Waals surface area contributed by atoms with E-state index in [2.05, 4.69) is 15.5 Å². The van der Waals surface area contributed by atoms with Gasteiger partial charge in [0.05, 0.1) is 27.1 Å². The molecule has 0 unspecified atom stereocenters. The number of nitrogens with zero attached hydrogens (tertiary/aromatic N) is 3. The number of hydrogen-bond acceptors (Lipinski definition) is 7. The summed E-state index contributed by atoms with van der Waals surface area (Å²) in [5.74, 6) is -0.133. The third kappa shape index (κ3) is 4.57. The van der Waals surface area contributed by atoms with Gasteiger partial charge in [-0.15, -0.1) is 11.3 Å². The van der Waals surface area contributed by atoms with Gasteiger partial charge in [0.1, 0.15) is 5.02 Å². The van der Waals surface area contributed by atoms with E-state index in [1.165, 1.54) is 41.4 Å². The molecule has 0 aliphatic rings. The minimum absolute atomic E-state index is 0.0448. The number of carbonyl (C=O) groups is 1. The second kappa shape index (κ2) is 8.26. The van der Waals surface area contributed by atoms with E-state index in [0.717, 1.165) is 14.6 Å². The highest BCUT2D eigenvalue weighted by molar-refractivity contribution is 8.01. The van der Waals surface area contributed by atoms with Gasteiger partial charge in [-0.25, -0.2) is 10.4 Å². The van der Waals surface area contributed by atoms with Gasteiger partial charge in [0, 0.05) is 11.6 Å². The number of amides is 1. The van der Waals surface area contributed by atoms with Crippen LogP contribution in [0.15, 0.2) is 51.9 Å². The molecule has 1 aromatic heterocycles. The molecule has 1 N–H and O–H groups in total. The largest absolute Gasteiger partial charge is 0.288 e. The Kier molecular flexibility index (Phi) is 5.82. The summed E-state index contributed by atoms with van der Waals surface area (Å²) in [4.78, 5) is 26.5. The van der Waals surface area contributed by atoms with E-state index < -0.39 is 4.92 Å². The van der Waals surface area contributed by atoms with Crippen molar-refractivity contribution in [1.82, 2.24) is 10.4 Å². The van der Waals surface area contributed by atoms with Crippen LogP contribution >= 0.6 is 34.7 Å². The van der Waals surface area contributed by atoms with Crippen LogP contribution in [-0.4, -0.2) is 27.8 Å². The number of halogens is 1. The summed E-state index contributed by atoms with van der Waals surface area (Å²) in [7, 11) is 0. The number of carbonyl (C=O) groups excluding carboxylic acids is 1.